The van der Waals surface area contributed by atoms with Crippen molar-refractivity contribution in [2.45, 2.75) is 58.0 Å². The average molecular weight is 398 g/mol. The van der Waals surface area contributed by atoms with Crippen LogP contribution in [0.25, 0.3) is 0 Å². The number of nitrogens with two attached hydrogens (primary N) is 1. The summed E-state index contributed by atoms with van der Waals surface area (Å²) in [5, 5.41) is 2.88. The maximum atomic E-state index is 12.5. The molecule has 0 aromatic heterocycles. The van der Waals surface area contributed by atoms with Crippen molar-refractivity contribution in [1.29, 1.82) is 0 Å². The van der Waals surface area contributed by atoms with Crippen LogP contribution < -0.4 is 15.8 Å². The van der Waals surface area contributed by atoms with E-state index in [1.165, 1.54) is 0 Å². The predicted molar refractivity (Wildman–Crippen MR) is 109 cm³/mol. The maximum Gasteiger partial charge on any atom is 0.255 e. The van der Waals surface area contributed by atoms with Gasteiger partial charge in [0.1, 0.15) is 5.75 Å². The van der Waals surface area contributed by atoms with Gasteiger partial charge in [0, 0.05) is 31.6 Å². The molecule has 2 atom stereocenters. The lowest BCUT2D eigenvalue weighted by molar-refractivity contribution is -0.135. The lowest BCUT2D eigenvalue weighted by Gasteiger charge is -2.38. The Labute approximate surface area is 168 Å². The molecule has 0 saturated carbocycles. The van der Waals surface area contributed by atoms with E-state index in [0.717, 1.165) is 25.8 Å². The molecule has 1 aliphatic rings. The molecule has 1 fully saturated rings. The fourth-order valence-electron chi connectivity index (χ4n) is 3.43. The first-order chi connectivity index (χ1) is 12.5. The maximum absolute atomic E-state index is 12.5. The summed E-state index contributed by atoms with van der Waals surface area (Å²) in [6.45, 7) is 5.61. The van der Waals surface area contributed by atoms with Gasteiger partial charge < -0.3 is 20.7 Å². The van der Waals surface area contributed by atoms with E-state index in [1.54, 1.807) is 12.1 Å². The number of rotatable bonds is 8. The normalized spacial score (nSPS) is 17.6. The quantitative estimate of drug-likeness (QED) is 0.660. The minimum Gasteiger partial charge on any atom is -0.493 e. The van der Waals surface area contributed by atoms with Crippen LogP contribution in [0.2, 0.25) is 0 Å². The number of carbonyl (C=O) groups excluding carboxylic acids is 2. The number of halogens is 1. The number of para-hydroxylation sites is 1. The second-order valence-corrected chi connectivity index (χ2v) is 6.80. The van der Waals surface area contributed by atoms with Gasteiger partial charge in [0.25, 0.3) is 5.91 Å². The fraction of sp³-hybridized carbons (Fsp3) is 0.600. The number of nitrogens with one attached hydrogen (secondary N) is 1. The third-order valence-electron chi connectivity index (χ3n) is 4.76. The molecule has 0 spiro atoms. The van der Waals surface area contributed by atoms with E-state index < -0.39 is 0 Å². The topological polar surface area (TPSA) is 84.7 Å². The van der Waals surface area contributed by atoms with Crippen molar-refractivity contribution in [3.8, 4) is 5.75 Å². The monoisotopic (exact) mass is 397 g/mol. The Kier molecular flexibility index (Phi) is 10.2. The molecule has 1 aromatic carbocycles. The number of benzene rings is 1. The Hall–Kier alpha value is -1.79. The summed E-state index contributed by atoms with van der Waals surface area (Å²) in [5.41, 5.74) is 6.55. The Morgan fingerprint density at radius 3 is 2.78 bits per heavy atom. The van der Waals surface area contributed by atoms with Gasteiger partial charge in [-0.25, -0.2) is 0 Å². The fourth-order valence-corrected chi connectivity index (χ4v) is 3.43. The molecule has 2 unspecified atom stereocenters. The number of amides is 2. The standard InChI is InChI=1S/C20H31N3O3.ClH/c1-3-26-18-11-5-4-9-16(18)20(25)22-13-8-12-19(24)23-14-7-6-10-17(23)15(2)21;/h4-5,9,11,15,17H,3,6-8,10,12-14,21H2,1-2H3,(H,22,25);1H. The molecule has 0 bridgehead atoms. The number of piperidine rings is 1. The highest BCUT2D eigenvalue weighted by molar-refractivity contribution is 5.96. The van der Waals surface area contributed by atoms with Crippen LogP contribution in [0.15, 0.2) is 24.3 Å². The third kappa shape index (κ3) is 6.70. The summed E-state index contributed by atoms with van der Waals surface area (Å²) in [6, 6.07) is 7.32. The van der Waals surface area contributed by atoms with Gasteiger partial charge in [-0.2, -0.15) is 0 Å². The Morgan fingerprint density at radius 1 is 1.33 bits per heavy atom. The zero-order chi connectivity index (χ0) is 18.9. The van der Waals surface area contributed by atoms with Gasteiger partial charge in [0.15, 0.2) is 0 Å². The van der Waals surface area contributed by atoms with Crippen molar-refractivity contribution in [3.63, 3.8) is 0 Å². The first-order valence-corrected chi connectivity index (χ1v) is 9.59. The van der Waals surface area contributed by atoms with Crippen LogP contribution in [0.4, 0.5) is 0 Å². The van der Waals surface area contributed by atoms with Crippen LogP contribution in [-0.2, 0) is 4.79 Å². The molecule has 1 aliphatic heterocycles. The van der Waals surface area contributed by atoms with Crippen LogP contribution in [0.1, 0.15) is 56.3 Å². The average Bonchev–Trinajstić information content (AvgIpc) is 2.65. The van der Waals surface area contributed by atoms with Gasteiger partial charge in [-0.3, -0.25) is 9.59 Å². The molecule has 1 saturated heterocycles. The Balaban J connectivity index is 0.00000364. The molecule has 0 radical (unpaired) electrons. The van der Waals surface area contributed by atoms with E-state index in [1.807, 2.05) is 30.9 Å². The molecule has 2 amide bonds. The van der Waals surface area contributed by atoms with Gasteiger partial charge in [-0.1, -0.05) is 12.1 Å². The van der Waals surface area contributed by atoms with Crippen molar-refractivity contribution >= 4 is 24.2 Å². The minimum atomic E-state index is -0.173. The Bertz CT molecular complexity index is 610. The molecule has 27 heavy (non-hydrogen) atoms. The van der Waals surface area contributed by atoms with Gasteiger partial charge in [0.05, 0.1) is 12.2 Å². The first-order valence-electron chi connectivity index (χ1n) is 9.59. The van der Waals surface area contributed by atoms with Crippen LogP contribution in [0.3, 0.4) is 0 Å². The second kappa shape index (κ2) is 11.8. The van der Waals surface area contributed by atoms with E-state index in [9.17, 15) is 9.59 Å². The van der Waals surface area contributed by atoms with Gasteiger partial charge in [0.2, 0.25) is 5.91 Å². The van der Waals surface area contributed by atoms with E-state index >= 15 is 0 Å². The second-order valence-electron chi connectivity index (χ2n) is 6.80. The number of carbonyl (C=O) groups is 2. The van der Waals surface area contributed by atoms with E-state index in [0.29, 0.717) is 37.3 Å². The lowest BCUT2D eigenvalue weighted by Crippen LogP contribution is -2.51. The molecule has 6 nitrogen and oxygen atoms in total. The number of hydrogen-bond donors (Lipinski definition) is 2. The molecule has 1 heterocycles. The first kappa shape index (κ1) is 23.2. The number of ether oxygens (including phenoxy) is 1. The smallest absolute Gasteiger partial charge is 0.255 e. The van der Waals surface area contributed by atoms with Crippen molar-refractivity contribution in [2.75, 3.05) is 19.7 Å². The summed E-state index contributed by atoms with van der Waals surface area (Å²) < 4.78 is 5.48. The number of nitrogens with zero attached hydrogens (tertiary/aromatic N) is 1. The molecule has 3 N–H and O–H groups in total. The van der Waals surface area contributed by atoms with Crippen molar-refractivity contribution in [1.82, 2.24) is 10.2 Å². The highest BCUT2D eigenvalue weighted by Crippen LogP contribution is 2.20. The molecule has 1 aromatic rings. The SMILES string of the molecule is CCOc1ccccc1C(=O)NCCCC(=O)N1CCCCC1C(C)N.Cl. The summed E-state index contributed by atoms with van der Waals surface area (Å²) in [4.78, 5) is 26.8. The zero-order valence-corrected chi connectivity index (χ0v) is 17.1. The molecular formula is C20H32ClN3O3. The summed E-state index contributed by atoms with van der Waals surface area (Å²) in [5.74, 6) is 0.542. The lowest BCUT2D eigenvalue weighted by atomic mass is 9.96. The third-order valence-corrected chi connectivity index (χ3v) is 4.76. The summed E-state index contributed by atoms with van der Waals surface area (Å²) in [6.07, 6.45) is 4.19. The molecular weight excluding hydrogens is 366 g/mol. The van der Waals surface area contributed by atoms with E-state index in [2.05, 4.69) is 5.32 Å². The minimum absolute atomic E-state index is 0. The Morgan fingerprint density at radius 2 is 2.07 bits per heavy atom. The van der Waals surface area contributed by atoms with Crippen molar-refractivity contribution < 1.29 is 14.3 Å². The number of likely N-dealkylation sites (tertiary alicyclic amines) is 1. The largest absolute Gasteiger partial charge is 0.493 e. The molecule has 0 aliphatic carbocycles. The summed E-state index contributed by atoms with van der Waals surface area (Å²) in [7, 11) is 0. The van der Waals surface area contributed by atoms with Crippen molar-refractivity contribution in [2.24, 2.45) is 5.73 Å². The highest BCUT2D eigenvalue weighted by atomic mass is 35.5. The van der Waals surface area contributed by atoms with Crippen molar-refractivity contribution in [3.05, 3.63) is 29.8 Å². The van der Waals surface area contributed by atoms with Gasteiger partial charge >= 0.3 is 0 Å². The van der Waals surface area contributed by atoms with E-state index in [-0.39, 0.29) is 36.3 Å². The van der Waals surface area contributed by atoms with Crippen LogP contribution in [0.5, 0.6) is 5.75 Å². The molecule has 7 heteroatoms. The summed E-state index contributed by atoms with van der Waals surface area (Å²) >= 11 is 0. The predicted octanol–water partition coefficient (Wildman–Crippen LogP) is 2.75. The number of hydrogen-bond acceptors (Lipinski definition) is 4. The van der Waals surface area contributed by atoms with Crippen LogP contribution in [0, 0.1) is 0 Å². The zero-order valence-electron chi connectivity index (χ0n) is 16.3. The molecule has 152 valence electrons. The molecule has 2 rings (SSSR count). The van der Waals surface area contributed by atoms with Crippen LogP contribution in [-0.4, -0.2) is 48.5 Å². The van der Waals surface area contributed by atoms with Crippen LogP contribution >= 0.6 is 12.4 Å². The van der Waals surface area contributed by atoms with Gasteiger partial charge in [-0.05, 0) is 51.7 Å². The van der Waals surface area contributed by atoms with Gasteiger partial charge in [-0.15, -0.1) is 12.4 Å². The van der Waals surface area contributed by atoms with E-state index in [4.69, 9.17) is 10.5 Å². The highest BCUT2D eigenvalue weighted by Gasteiger charge is 2.28.